The largest absolute Gasteiger partial charge is 0.465 e. The highest BCUT2D eigenvalue weighted by Crippen LogP contribution is 2.23. The normalized spacial score (nSPS) is 12.7. The average Bonchev–Trinajstić information content (AvgIpc) is 2.77. The Balaban J connectivity index is 1.97. The van der Waals surface area contributed by atoms with Gasteiger partial charge < -0.3 is 9.73 Å². The van der Waals surface area contributed by atoms with Crippen LogP contribution in [0.2, 0.25) is 5.02 Å². The molecule has 0 bridgehead atoms. The van der Waals surface area contributed by atoms with E-state index in [0.29, 0.717) is 0 Å². The number of aryl methyl sites for hydroxylation is 1. The van der Waals surface area contributed by atoms with Crippen LogP contribution in [0.4, 0.5) is 0 Å². The fourth-order valence-electron chi connectivity index (χ4n) is 1.71. The molecular formula is C14H15BrClNO. The minimum Gasteiger partial charge on any atom is -0.465 e. The van der Waals surface area contributed by atoms with Crippen LogP contribution in [-0.4, -0.2) is 0 Å². The SMILES string of the molecule is Cc1ccc(C(C)NCc2ccc(Cl)c(Br)c2)o1. The molecule has 0 fully saturated rings. The van der Waals surface area contributed by atoms with E-state index in [1.54, 1.807) is 0 Å². The number of hydrogen-bond donors (Lipinski definition) is 1. The second-order valence-electron chi connectivity index (χ2n) is 4.30. The number of halogens is 2. The molecule has 1 aromatic carbocycles. The summed E-state index contributed by atoms with van der Waals surface area (Å²) in [6.07, 6.45) is 0. The minimum absolute atomic E-state index is 0.188. The maximum atomic E-state index is 5.96. The van der Waals surface area contributed by atoms with Crippen LogP contribution in [0.5, 0.6) is 0 Å². The molecule has 2 nitrogen and oxygen atoms in total. The van der Waals surface area contributed by atoms with E-state index in [4.69, 9.17) is 16.0 Å². The molecule has 0 saturated carbocycles. The van der Waals surface area contributed by atoms with Gasteiger partial charge in [-0.15, -0.1) is 0 Å². The van der Waals surface area contributed by atoms with Gasteiger partial charge in [0.05, 0.1) is 11.1 Å². The average molecular weight is 329 g/mol. The topological polar surface area (TPSA) is 25.2 Å². The first-order chi connectivity index (χ1) is 8.56. The van der Waals surface area contributed by atoms with Crippen LogP contribution in [0, 0.1) is 6.92 Å². The summed E-state index contributed by atoms with van der Waals surface area (Å²) in [5, 5.41) is 4.15. The molecule has 1 N–H and O–H groups in total. The van der Waals surface area contributed by atoms with Gasteiger partial charge in [-0.25, -0.2) is 0 Å². The van der Waals surface area contributed by atoms with Gasteiger partial charge in [0.2, 0.25) is 0 Å². The van der Waals surface area contributed by atoms with E-state index in [1.165, 1.54) is 5.56 Å². The monoisotopic (exact) mass is 327 g/mol. The van der Waals surface area contributed by atoms with Crippen LogP contribution in [0.15, 0.2) is 39.2 Å². The summed E-state index contributed by atoms with van der Waals surface area (Å²) >= 11 is 9.38. The fourth-order valence-corrected chi connectivity index (χ4v) is 2.25. The van der Waals surface area contributed by atoms with Crippen molar-refractivity contribution in [1.82, 2.24) is 5.32 Å². The van der Waals surface area contributed by atoms with Crippen molar-refractivity contribution in [3.8, 4) is 0 Å². The van der Waals surface area contributed by atoms with E-state index in [9.17, 15) is 0 Å². The molecule has 2 aromatic rings. The standard InChI is InChI=1S/C14H15BrClNO/c1-9-3-6-14(18-9)10(2)17-8-11-4-5-13(16)12(15)7-11/h3-7,10,17H,8H2,1-2H3. The highest BCUT2D eigenvalue weighted by Gasteiger charge is 2.09. The Bertz CT molecular complexity index is 538. The van der Waals surface area contributed by atoms with Crippen LogP contribution in [0.3, 0.4) is 0 Å². The molecule has 1 aromatic heterocycles. The summed E-state index contributed by atoms with van der Waals surface area (Å²) in [7, 11) is 0. The summed E-state index contributed by atoms with van der Waals surface area (Å²) in [6.45, 7) is 4.81. The maximum absolute atomic E-state index is 5.96. The van der Waals surface area contributed by atoms with Crippen molar-refractivity contribution in [2.75, 3.05) is 0 Å². The van der Waals surface area contributed by atoms with Crippen molar-refractivity contribution < 1.29 is 4.42 Å². The first-order valence-electron chi connectivity index (χ1n) is 5.80. The second-order valence-corrected chi connectivity index (χ2v) is 5.56. The lowest BCUT2D eigenvalue weighted by atomic mass is 10.2. The van der Waals surface area contributed by atoms with Crippen molar-refractivity contribution >= 4 is 27.5 Å². The van der Waals surface area contributed by atoms with Crippen LogP contribution in [0.25, 0.3) is 0 Å². The lowest BCUT2D eigenvalue weighted by Crippen LogP contribution is -2.17. The van der Waals surface area contributed by atoms with Gasteiger partial charge in [0.25, 0.3) is 0 Å². The van der Waals surface area contributed by atoms with E-state index >= 15 is 0 Å². The molecule has 18 heavy (non-hydrogen) atoms. The van der Waals surface area contributed by atoms with E-state index in [1.807, 2.05) is 37.3 Å². The Kier molecular flexibility index (Phi) is 4.49. The van der Waals surface area contributed by atoms with Crippen molar-refractivity contribution in [2.24, 2.45) is 0 Å². The summed E-state index contributed by atoms with van der Waals surface area (Å²) in [5.74, 6) is 1.90. The van der Waals surface area contributed by atoms with Crippen LogP contribution < -0.4 is 5.32 Å². The van der Waals surface area contributed by atoms with Crippen LogP contribution >= 0.6 is 27.5 Å². The van der Waals surface area contributed by atoms with Gasteiger partial charge in [0.15, 0.2) is 0 Å². The fraction of sp³-hybridized carbons (Fsp3) is 0.286. The van der Waals surface area contributed by atoms with Crippen molar-refractivity contribution in [2.45, 2.75) is 26.4 Å². The molecule has 0 amide bonds. The summed E-state index contributed by atoms with van der Waals surface area (Å²) in [5.41, 5.74) is 1.18. The zero-order valence-electron chi connectivity index (χ0n) is 10.3. The third kappa shape index (κ3) is 3.37. The van der Waals surface area contributed by atoms with Crippen molar-refractivity contribution in [3.05, 3.63) is 56.9 Å². The molecule has 0 aliphatic rings. The van der Waals surface area contributed by atoms with E-state index in [-0.39, 0.29) is 6.04 Å². The molecule has 0 aliphatic heterocycles. The molecule has 0 aliphatic carbocycles. The highest BCUT2D eigenvalue weighted by molar-refractivity contribution is 9.10. The molecular weight excluding hydrogens is 314 g/mol. The summed E-state index contributed by atoms with van der Waals surface area (Å²) in [6, 6.07) is 10.1. The molecule has 2 rings (SSSR count). The van der Waals surface area contributed by atoms with Gasteiger partial charge in [-0.2, -0.15) is 0 Å². The summed E-state index contributed by atoms with van der Waals surface area (Å²) in [4.78, 5) is 0. The lowest BCUT2D eigenvalue weighted by molar-refractivity contribution is 0.416. The smallest absolute Gasteiger partial charge is 0.120 e. The number of benzene rings is 1. The molecule has 96 valence electrons. The third-order valence-electron chi connectivity index (χ3n) is 2.78. The number of nitrogens with one attached hydrogen (secondary N) is 1. The Labute approximate surface area is 120 Å². The van der Waals surface area contributed by atoms with Gasteiger partial charge in [-0.3, -0.25) is 0 Å². The molecule has 1 unspecified atom stereocenters. The molecule has 1 atom stereocenters. The van der Waals surface area contributed by atoms with Gasteiger partial charge in [-0.05, 0) is 59.6 Å². The zero-order valence-corrected chi connectivity index (χ0v) is 12.7. The van der Waals surface area contributed by atoms with Crippen LogP contribution in [-0.2, 0) is 6.54 Å². The lowest BCUT2D eigenvalue weighted by Gasteiger charge is -2.11. The third-order valence-corrected chi connectivity index (χ3v) is 4.00. The minimum atomic E-state index is 0.188. The Hall–Kier alpha value is -0.770. The van der Waals surface area contributed by atoms with Gasteiger partial charge >= 0.3 is 0 Å². The van der Waals surface area contributed by atoms with Gasteiger partial charge in [-0.1, -0.05) is 17.7 Å². The molecule has 0 spiro atoms. The van der Waals surface area contributed by atoms with E-state index < -0.39 is 0 Å². The predicted octanol–water partition coefficient (Wildman–Crippen LogP) is 4.85. The van der Waals surface area contributed by atoms with Gasteiger partial charge in [0.1, 0.15) is 11.5 Å². The van der Waals surface area contributed by atoms with Crippen molar-refractivity contribution in [3.63, 3.8) is 0 Å². The molecule has 1 heterocycles. The van der Waals surface area contributed by atoms with E-state index in [2.05, 4.69) is 28.2 Å². The summed E-state index contributed by atoms with van der Waals surface area (Å²) < 4.78 is 6.50. The first kappa shape index (κ1) is 13.7. The Morgan fingerprint density at radius 3 is 2.72 bits per heavy atom. The Morgan fingerprint density at radius 2 is 2.11 bits per heavy atom. The molecule has 4 heteroatoms. The predicted molar refractivity (Wildman–Crippen MR) is 77.9 cm³/mol. The number of hydrogen-bond acceptors (Lipinski definition) is 2. The Morgan fingerprint density at radius 1 is 1.33 bits per heavy atom. The quantitative estimate of drug-likeness (QED) is 0.867. The number of furan rings is 1. The van der Waals surface area contributed by atoms with Crippen molar-refractivity contribution in [1.29, 1.82) is 0 Å². The zero-order chi connectivity index (χ0) is 13.1. The highest BCUT2D eigenvalue weighted by atomic mass is 79.9. The molecule has 0 radical (unpaired) electrons. The second kappa shape index (κ2) is 5.91. The number of rotatable bonds is 4. The van der Waals surface area contributed by atoms with E-state index in [0.717, 1.165) is 27.6 Å². The van der Waals surface area contributed by atoms with Crippen LogP contribution in [0.1, 0.15) is 30.0 Å². The van der Waals surface area contributed by atoms with Gasteiger partial charge in [0, 0.05) is 11.0 Å². The molecule has 0 saturated heterocycles. The first-order valence-corrected chi connectivity index (χ1v) is 6.97. The maximum Gasteiger partial charge on any atom is 0.120 e.